The molecular weight excluding hydrogens is 278 g/mol. The Bertz CT molecular complexity index is 799. The van der Waals surface area contributed by atoms with E-state index in [0.717, 1.165) is 21.8 Å². The first-order valence-electron chi connectivity index (χ1n) is 6.40. The highest BCUT2D eigenvalue weighted by Gasteiger charge is 2.08. The van der Waals surface area contributed by atoms with E-state index < -0.39 is 0 Å². The molecule has 0 aliphatic carbocycles. The van der Waals surface area contributed by atoms with Crippen molar-refractivity contribution < 1.29 is 0 Å². The second-order valence-corrected chi connectivity index (χ2v) is 5.22. The molecular formula is C17H11N3S. The molecule has 0 unspecified atom stereocenters. The van der Waals surface area contributed by atoms with Gasteiger partial charge < -0.3 is 0 Å². The van der Waals surface area contributed by atoms with Gasteiger partial charge in [0.25, 0.3) is 0 Å². The van der Waals surface area contributed by atoms with Crippen molar-refractivity contribution in [3.63, 3.8) is 0 Å². The molecule has 0 radical (unpaired) electrons. The van der Waals surface area contributed by atoms with Crippen molar-refractivity contribution in [3.05, 3.63) is 70.8 Å². The number of thiazole rings is 1. The van der Waals surface area contributed by atoms with Gasteiger partial charge >= 0.3 is 0 Å². The smallest absolute Gasteiger partial charge is 0.134 e. The fourth-order valence-electron chi connectivity index (χ4n) is 1.91. The van der Waals surface area contributed by atoms with Crippen LogP contribution in [-0.2, 0) is 0 Å². The van der Waals surface area contributed by atoms with Gasteiger partial charge in [0.1, 0.15) is 11.1 Å². The third kappa shape index (κ3) is 3.04. The Morgan fingerprint density at radius 3 is 2.71 bits per heavy atom. The van der Waals surface area contributed by atoms with Crippen LogP contribution in [0.2, 0.25) is 0 Å². The third-order valence-electron chi connectivity index (χ3n) is 2.92. The van der Waals surface area contributed by atoms with Crippen molar-refractivity contribution in [3.8, 4) is 17.3 Å². The summed E-state index contributed by atoms with van der Waals surface area (Å²) in [6.45, 7) is 0. The molecule has 2 heterocycles. The topological polar surface area (TPSA) is 49.6 Å². The summed E-state index contributed by atoms with van der Waals surface area (Å²) >= 11 is 1.47. The number of benzene rings is 1. The molecule has 3 nitrogen and oxygen atoms in total. The van der Waals surface area contributed by atoms with Crippen molar-refractivity contribution in [1.29, 1.82) is 5.26 Å². The predicted molar refractivity (Wildman–Crippen MR) is 85.3 cm³/mol. The van der Waals surface area contributed by atoms with Crippen molar-refractivity contribution in [2.24, 2.45) is 0 Å². The number of nitrogens with zero attached hydrogens (tertiary/aromatic N) is 3. The fourth-order valence-corrected chi connectivity index (χ4v) is 2.70. The first-order chi connectivity index (χ1) is 10.4. The average molecular weight is 289 g/mol. The summed E-state index contributed by atoms with van der Waals surface area (Å²) in [5.41, 5.74) is 3.39. The standard InChI is InChI=1S/C17H11N3S/c18-10-15(9-13-5-4-8-19-11-13)17-20-16(12-21-17)14-6-2-1-3-7-14/h1-9,11-12H/b15-9-. The van der Waals surface area contributed by atoms with E-state index in [-0.39, 0.29) is 0 Å². The number of aromatic nitrogens is 2. The second-order valence-electron chi connectivity index (χ2n) is 4.36. The summed E-state index contributed by atoms with van der Waals surface area (Å²) in [7, 11) is 0. The highest BCUT2D eigenvalue weighted by atomic mass is 32.1. The lowest BCUT2D eigenvalue weighted by Gasteiger charge is -1.96. The molecule has 3 aromatic rings. The van der Waals surface area contributed by atoms with Crippen LogP contribution in [0.15, 0.2) is 60.2 Å². The number of pyridine rings is 1. The van der Waals surface area contributed by atoms with E-state index in [2.05, 4.69) is 16.0 Å². The Morgan fingerprint density at radius 1 is 1.14 bits per heavy atom. The molecule has 0 fully saturated rings. The SMILES string of the molecule is N#C/C(=C/c1cccnc1)c1nc(-c2ccccc2)cs1. The van der Waals surface area contributed by atoms with E-state index in [0.29, 0.717) is 5.57 Å². The van der Waals surface area contributed by atoms with E-state index in [9.17, 15) is 5.26 Å². The van der Waals surface area contributed by atoms with Crippen LogP contribution in [0.3, 0.4) is 0 Å². The fraction of sp³-hybridized carbons (Fsp3) is 0. The van der Waals surface area contributed by atoms with Gasteiger partial charge in [0.05, 0.1) is 11.3 Å². The van der Waals surface area contributed by atoms with Gasteiger partial charge in [-0.15, -0.1) is 11.3 Å². The number of allylic oxidation sites excluding steroid dienone is 1. The first kappa shape index (κ1) is 13.2. The maximum atomic E-state index is 9.35. The van der Waals surface area contributed by atoms with E-state index in [1.165, 1.54) is 11.3 Å². The predicted octanol–water partition coefficient (Wildman–Crippen LogP) is 4.27. The van der Waals surface area contributed by atoms with E-state index in [4.69, 9.17) is 0 Å². The van der Waals surface area contributed by atoms with Crippen molar-refractivity contribution in [1.82, 2.24) is 9.97 Å². The van der Waals surface area contributed by atoms with Crippen molar-refractivity contribution in [2.75, 3.05) is 0 Å². The molecule has 0 aliphatic heterocycles. The molecule has 21 heavy (non-hydrogen) atoms. The average Bonchev–Trinajstić information content (AvgIpc) is 3.04. The maximum absolute atomic E-state index is 9.35. The molecule has 0 bridgehead atoms. The van der Waals surface area contributed by atoms with E-state index in [1.54, 1.807) is 18.5 Å². The molecule has 0 atom stereocenters. The van der Waals surface area contributed by atoms with Gasteiger partial charge in [-0.1, -0.05) is 36.4 Å². The Balaban J connectivity index is 1.95. The summed E-state index contributed by atoms with van der Waals surface area (Å²) < 4.78 is 0. The van der Waals surface area contributed by atoms with Crippen LogP contribution in [0.4, 0.5) is 0 Å². The van der Waals surface area contributed by atoms with Gasteiger partial charge in [0, 0.05) is 23.3 Å². The molecule has 0 aliphatic rings. The number of rotatable bonds is 3. The Hall–Kier alpha value is -2.77. The van der Waals surface area contributed by atoms with Crippen LogP contribution in [0.1, 0.15) is 10.6 Å². The summed E-state index contributed by atoms with van der Waals surface area (Å²) in [6.07, 6.45) is 5.24. The lowest BCUT2D eigenvalue weighted by molar-refractivity contribution is 1.32. The minimum absolute atomic E-state index is 0.551. The van der Waals surface area contributed by atoms with Crippen LogP contribution in [0.25, 0.3) is 22.9 Å². The molecule has 0 saturated heterocycles. The molecule has 100 valence electrons. The molecule has 1 aromatic carbocycles. The van der Waals surface area contributed by atoms with Crippen LogP contribution in [0.5, 0.6) is 0 Å². The summed E-state index contributed by atoms with van der Waals surface area (Å²) in [6, 6.07) is 15.9. The monoisotopic (exact) mass is 289 g/mol. The van der Waals surface area contributed by atoms with Crippen LogP contribution in [-0.4, -0.2) is 9.97 Å². The third-order valence-corrected chi connectivity index (χ3v) is 3.80. The summed E-state index contributed by atoms with van der Waals surface area (Å²) in [5.74, 6) is 0. The Kier molecular flexibility index (Phi) is 3.85. The summed E-state index contributed by atoms with van der Waals surface area (Å²) in [5, 5.41) is 12.0. The molecule has 2 aromatic heterocycles. The molecule has 4 heteroatoms. The zero-order chi connectivity index (χ0) is 14.5. The minimum atomic E-state index is 0.551. The number of nitriles is 1. The molecule has 0 spiro atoms. The van der Waals surface area contributed by atoms with Gasteiger partial charge in [0.2, 0.25) is 0 Å². The Labute approximate surface area is 126 Å². The lowest BCUT2D eigenvalue weighted by atomic mass is 10.1. The van der Waals surface area contributed by atoms with Crippen molar-refractivity contribution >= 4 is 23.0 Å². The number of hydrogen-bond donors (Lipinski definition) is 0. The summed E-state index contributed by atoms with van der Waals surface area (Å²) in [4.78, 5) is 8.60. The lowest BCUT2D eigenvalue weighted by Crippen LogP contribution is -1.83. The molecule has 0 amide bonds. The first-order valence-corrected chi connectivity index (χ1v) is 7.28. The molecule has 3 rings (SSSR count). The maximum Gasteiger partial charge on any atom is 0.134 e. The quantitative estimate of drug-likeness (QED) is 0.676. The Morgan fingerprint density at radius 2 is 2.00 bits per heavy atom. The zero-order valence-electron chi connectivity index (χ0n) is 11.1. The van der Waals surface area contributed by atoms with Gasteiger partial charge in [-0.05, 0) is 17.7 Å². The van der Waals surface area contributed by atoms with E-state index >= 15 is 0 Å². The normalized spacial score (nSPS) is 11.1. The van der Waals surface area contributed by atoms with Crippen LogP contribution >= 0.6 is 11.3 Å². The van der Waals surface area contributed by atoms with Crippen LogP contribution < -0.4 is 0 Å². The highest BCUT2D eigenvalue weighted by molar-refractivity contribution is 7.11. The number of hydrogen-bond acceptors (Lipinski definition) is 4. The molecule has 0 N–H and O–H groups in total. The van der Waals surface area contributed by atoms with Crippen LogP contribution in [0, 0.1) is 11.3 Å². The van der Waals surface area contributed by atoms with Gasteiger partial charge in [-0.2, -0.15) is 5.26 Å². The minimum Gasteiger partial charge on any atom is -0.264 e. The van der Waals surface area contributed by atoms with Crippen molar-refractivity contribution in [2.45, 2.75) is 0 Å². The van der Waals surface area contributed by atoms with E-state index in [1.807, 2.05) is 47.8 Å². The van der Waals surface area contributed by atoms with Gasteiger partial charge in [0.15, 0.2) is 0 Å². The highest BCUT2D eigenvalue weighted by Crippen LogP contribution is 2.26. The largest absolute Gasteiger partial charge is 0.264 e. The molecule has 0 saturated carbocycles. The van der Waals surface area contributed by atoms with Gasteiger partial charge in [-0.25, -0.2) is 4.98 Å². The second kappa shape index (κ2) is 6.12. The zero-order valence-corrected chi connectivity index (χ0v) is 11.9. The van der Waals surface area contributed by atoms with Gasteiger partial charge in [-0.3, -0.25) is 4.98 Å².